The highest BCUT2D eigenvalue weighted by molar-refractivity contribution is 5.83. The van der Waals surface area contributed by atoms with Gasteiger partial charge in [-0.3, -0.25) is 9.59 Å². The lowest BCUT2D eigenvalue weighted by Gasteiger charge is -2.39. The lowest BCUT2D eigenvalue weighted by atomic mass is 9.92. The van der Waals surface area contributed by atoms with Crippen molar-refractivity contribution >= 4 is 11.8 Å². The number of carbonyl (C=O) groups is 2. The van der Waals surface area contributed by atoms with Crippen molar-refractivity contribution < 1.29 is 27.2 Å². The maximum atomic E-state index is 15.8. The van der Waals surface area contributed by atoms with Gasteiger partial charge in [0.1, 0.15) is 5.67 Å². The molecule has 0 radical (unpaired) electrons. The van der Waals surface area contributed by atoms with Gasteiger partial charge in [0.15, 0.2) is 0 Å². The zero-order valence-corrected chi connectivity index (χ0v) is 19.3. The summed E-state index contributed by atoms with van der Waals surface area (Å²) in [6.07, 6.45) is -4.07. The van der Waals surface area contributed by atoms with E-state index in [9.17, 15) is 22.8 Å². The highest BCUT2D eigenvalue weighted by Crippen LogP contribution is 2.49. The van der Waals surface area contributed by atoms with Gasteiger partial charge in [-0.25, -0.2) is 4.39 Å². The number of benzene rings is 2. The Hall–Kier alpha value is -2.90. The number of hydrogen-bond donors (Lipinski definition) is 0. The second-order valence-corrected chi connectivity index (χ2v) is 10.1. The number of amides is 2. The molecular weight excluding hydrogens is 460 g/mol. The monoisotopic (exact) mass is 488 g/mol. The molecule has 0 spiro atoms. The first-order chi connectivity index (χ1) is 16.7. The Morgan fingerprint density at radius 2 is 1.43 bits per heavy atom. The van der Waals surface area contributed by atoms with Crippen LogP contribution in [0.4, 0.5) is 17.6 Å². The number of piperidine rings is 1. The average molecular weight is 489 g/mol. The van der Waals surface area contributed by atoms with Crippen LogP contribution in [-0.4, -0.2) is 59.1 Å². The number of halogens is 4. The summed E-state index contributed by atoms with van der Waals surface area (Å²) in [4.78, 5) is 27.5. The molecule has 186 valence electrons. The van der Waals surface area contributed by atoms with E-state index in [0.29, 0.717) is 11.3 Å². The predicted molar refractivity (Wildman–Crippen MR) is 122 cm³/mol. The standard InChI is InChI=1S/C27H28F4N2O2/c28-26(11-13-32(14-12-26)24(34)22-15-20(22)18-7-3-1-4-8-18)17-33(25(35)27(29,30)31)23-16-21(23)19-9-5-2-6-10-19/h1-10,20-23H,11-17H2/t20?,21-,22?,23+/m0/s1. The SMILES string of the molecule is O=C(C1CC1c1ccccc1)N1CCC(F)(CN(C(=O)C(F)(F)F)[C@@H]2C[C@H]2c2ccccc2)CC1. The van der Waals surface area contributed by atoms with E-state index in [4.69, 9.17) is 0 Å². The molecule has 4 nitrogen and oxygen atoms in total. The fourth-order valence-corrected chi connectivity index (χ4v) is 5.45. The van der Waals surface area contributed by atoms with Crippen molar-refractivity contribution in [3.8, 4) is 0 Å². The topological polar surface area (TPSA) is 40.6 Å². The minimum absolute atomic E-state index is 0.0181. The summed E-state index contributed by atoms with van der Waals surface area (Å²) in [5, 5.41) is 0. The predicted octanol–water partition coefficient (Wildman–Crippen LogP) is 5.07. The van der Waals surface area contributed by atoms with E-state index in [1.54, 1.807) is 17.0 Å². The van der Waals surface area contributed by atoms with Crippen LogP contribution in [0.3, 0.4) is 0 Å². The van der Waals surface area contributed by atoms with Gasteiger partial charge in [-0.05, 0) is 29.9 Å². The van der Waals surface area contributed by atoms with Crippen molar-refractivity contribution in [3.05, 3.63) is 71.8 Å². The molecule has 0 bridgehead atoms. The number of hydrogen-bond acceptors (Lipinski definition) is 2. The molecule has 3 fully saturated rings. The van der Waals surface area contributed by atoms with Crippen molar-refractivity contribution in [2.24, 2.45) is 5.92 Å². The van der Waals surface area contributed by atoms with E-state index in [0.717, 1.165) is 17.5 Å². The molecule has 2 aromatic carbocycles. The molecule has 1 heterocycles. The Morgan fingerprint density at radius 3 is 1.97 bits per heavy atom. The molecule has 0 aromatic heterocycles. The Kier molecular flexibility index (Phi) is 6.09. The second kappa shape index (κ2) is 8.95. The second-order valence-electron chi connectivity index (χ2n) is 10.1. The van der Waals surface area contributed by atoms with Crippen LogP contribution in [0.25, 0.3) is 0 Å². The zero-order valence-electron chi connectivity index (χ0n) is 19.3. The van der Waals surface area contributed by atoms with Gasteiger partial charge < -0.3 is 9.80 Å². The molecule has 4 atom stereocenters. The average Bonchev–Trinajstić information content (AvgIpc) is 3.77. The van der Waals surface area contributed by atoms with Gasteiger partial charge in [0.25, 0.3) is 0 Å². The first-order valence-corrected chi connectivity index (χ1v) is 12.1. The van der Waals surface area contributed by atoms with Crippen LogP contribution in [-0.2, 0) is 9.59 Å². The number of alkyl halides is 4. The van der Waals surface area contributed by atoms with Crippen LogP contribution in [0.5, 0.6) is 0 Å². The summed E-state index contributed by atoms with van der Waals surface area (Å²) in [5.41, 5.74) is 0.00814. The normalized spacial score (nSPS) is 27.3. The molecule has 2 aromatic rings. The molecule has 2 aliphatic carbocycles. The maximum Gasteiger partial charge on any atom is 0.471 e. The van der Waals surface area contributed by atoms with E-state index in [1.165, 1.54) is 0 Å². The molecule has 3 aliphatic rings. The van der Waals surface area contributed by atoms with Crippen LogP contribution in [0.1, 0.15) is 48.6 Å². The van der Waals surface area contributed by atoms with E-state index in [-0.39, 0.29) is 49.6 Å². The zero-order chi connectivity index (χ0) is 24.8. The fraction of sp³-hybridized carbons (Fsp3) is 0.481. The van der Waals surface area contributed by atoms with Crippen molar-refractivity contribution in [2.45, 2.75) is 55.4 Å². The quantitative estimate of drug-likeness (QED) is 0.533. The van der Waals surface area contributed by atoms with Crippen molar-refractivity contribution in [2.75, 3.05) is 19.6 Å². The molecule has 0 N–H and O–H groups in total. The van der Waals surface area contributed by atoms with Crippen molar-refractivity contribution in [1.82, 2.24) is 9.80 Å². The highest BCUT2D eigenvalue weighted by Gasteiger charge is 2.55. The smallest absolute Gasteiger partial charge is 0.342 e. The lowest BCUT2D eigenvalue weighted by molar-refractivity contribution is -0.188. The van der Waals surface area contributed by atoms with Gasteiger partial charge in [-0.15, -0.1) is 0 Å². The number of nitrogens with zero attached hydrogens (tertiary/aromatic N) is 2. The molecule has 5 rings (SSSR count). The van der Waals surface area contributed by atoms with Gasteiger partial charge >= 0.3 is 12.1 Å². The van der Waals surface area contributed by atoms with Crippen molar-refractivity contribution in [3.63, 3.8) is 0 Å². The Labute approximate surface area is 201 Å². The minimum Gasteiger partial charge on any atom is -0.342 e. The number of rotatable bonds is 6. The first-order valence-electron chi connectivity index (χ1n) is 12.1. The Bertz CT molecular complexity index is 1070. The van der Waals surface area contributed by atoms with Crippen LogP contribution >= 0.6 is 0 Å². The number of carbonyl (C=O) groups excluding carboxylic acids is 2. The fourth-order valence-electron chi connectivity index (χ4n) is 5.45. The third-order valence-corrected chi connectivity index (χ3v) is 7.65. The molecule has 1 saturated heterocycles. The van der Waals surface area contributed by atoms with E-state index < -0.39 is 30.3 Å². The summed E-state index contributed by atoms with van der Waals surface area (Å²) < 4.78 is 55.9. The Morgan fingerprint density at radius 1 is 0.886 bits per heavy atom. The van der Waals surface area contributed by atoms with Gasteiger partial charge in [0.05, 0.1) is 6.54 Å². The highest BCUT2D eigenvalue weighted by atomic mass is 19.4. The molecule has 2 saturated carbocycles. The van der Waals surface area contributed by atoms with Gasteiger partial charge in [0.2, 0.25) is 5.91 Å². The van der Waals surface area contributed by atoms with Crippen LogP contribution in [0.15, 0.2) is 60.7 Å². The summed E-state index contributed by atoms with van der Waals surface area (Å²) in [5.74, 6) is -2.18. The summed E-state index contributed by atoms with van der Waals surface area (Å²) >= 11 is 0. The molecular formula is C27H28F4N2O2. The maximum absolute atomic E-state index is 15.8. The van der Waals surface area contributed by atoms with E-state index in [2.05, 4.69) is 0 Å². The minimum atomic E-state index is -5.06. The number of likely N-dealkylation sites (tertiary alicyclic amines) is 1. The van der Waals surface area contributed by atoms with E-state index >= 15 is 4.39 Å². The summed E-state index contributed by atoms with van der Waals surface area (Å²) in [6, 6.07) is 18.2. The first kappa shape index (κ1) is 23.8. The van der Waals surface area contributed by atoms with Gasteiger partial charge in [0, 0.05) is 43.8 Å². The molecule has 2 unspecified atom stereocenters. The molecule has 8 heteroatoms. The summed E-state index contributed by atoms with van der Waals surface area (Å²) in [6.45, 7) is -0.306. The van der Waals surface area contributed by atoms with E-state index in [1.807, 2.05) is 48.5 Å². The Balaban J connectivity index is 1.21. The van der Waals surface area contributed by atoms with Crippen LogP contribution in [0.2, 0.25) is 0 Å². The largest absolute Gasteiger partial charge is 0.471 e. The lowest BCUT2D eigenvalue weighted by Crippen LogP contribution is -2.54. The third-order valence-electron chi connectivity index (χ3n) is 7.65. The molecule has 35 heavy (non-hydrogen) atoms. The van der Waals surface area contributed by atoms with Crippen LogP contribution < -0.4 is 0 Å². The molecule has 1 aliphatic heterocycles. The van der Waals surface area contributed by atoms with Gasteiger partial charge in [-0.1, -0.05) is 60.7 Å². The summed E-state index contributed by atoms with van der Waals surface area (Å²) in [7, 11) is 0. The molecule has 2 amide bonds. The third kappa shape index (κ3) is 5.07. The van der Waals surface area contributed by atoms with Gasteiger partial charge in [-0.2, -0.15) is 13.2 Å². The van der Waals surface area contributed by atoms with Crippen molar-refractivity contribution in [1.29, 1.82) is 0 Å². The van der Waals surface area contributed by atoms with Crippen LogP contribution in [0, 0.1) is 5.92 Å².